The molecular formula is C8H20N4O3S. The van der Waals surface area contributed by atoms with Gasteiger partial charge in [-0.15, -0.1) is 0 Å². The van der Waals surface area contributed by atoms with E-state index < -0.39 is 10.2 Å². The molecule has 7 nitrogen and oxygen atoms in total. The van der Waals surface area contributed by atoms with E-state index in [-0.39, 0.29) is 18.3 Å². The Hall–Kier alpha value is -0.860. The zero-order chi connectivity index (χ0) is 12.6. The van der Waals surface area contributed by atoms with Crippen LogP contribution in [-0.2, 0) is 10.2 Å². The van der Waals surface area contributed by atoms with E-state index in [9.17, 15) is 8.42 Å². The molecule has 16 heavy (non-hydrogen) atoms. The maximum absolute atomic E-state index is 11.3. The first-order chi connectivity index (χ1) is 7.37. The fraction of sp³-hybridized carbons (Fsp3) is 0.875. The van der Waals surface area contributed by atoms with Crippen molar-refractivity contribution in [3.63, 3.8) is 0 Å². The first kappa shape index (κ1) is 15.1. The predicted molar refractivity (Wildman–Crippen MR) is 62.4 cm³/mol. The van der Waals surface area contributed by atoms with Gasteiger partial charge in [0.2, 0.25) is 0 Å². The zero-order valence-electron chi connectivity index (χ0n) is 9.60. The molecule has 0 aromatic rings. The summed E-state index contributed by atoms with van der Waals surface area (Å²) in [4.78, 5) is 0. The minimum atomic E-state index is -3.42. The second-order valence-corrected chi connectivity index (χ2v) is 5.42. The predicted octanol–water partition coefficient (Wildman–Crippen LogP) is -0.407. The molecule has 0 bridgehead atoms. The Labute approximate surface area is 96.3 Å². The molecule has 0 aliphatic rings. The van der Waals surface area contributed by atoms with Crippen LogP contribution in [0.2, 0.25) is 0 Å². The van der Waals surface area contributed by atoms with Gasteiger partial charge in [0.15, 0.2) is 0 Å². The quantitative estimate of drug-likeness (QED) is 0.154. The molecule has 0 fully saturated rings. The molecule has 0 aliphatic heterocycles. The van der Waals surface area contributed by atoms with Gasteiger partial charge in [0.05, 0.1) is 0 Å². The number of amidine groups is 1. The van der Waals surface area contributed by atoms with E-state index in [1.54, 1.807) is 0 Å². The van der Waals surface area contributed by atoms with Crippen LogP contribution >= 0.6 is 0 Å². The van der Waals surface area contributed by atoms with Crippen LogP contribution in [0, 0.1) is 5.92 Å². The second-order valence-electron chi connectivity index (χ2n) is 3.83. The van der Waals surface area contributed by atoms with Crippen molar-refractivity contribution in [3.05, 3.63) is 0 Å². The summed E-state index contributed by atoms with van der Waals surface area (Å²) in [5.41, 5.74) is 5.23. The minimum absolute atomic E-state index is 0.0920. The highest BCUT2D eigenvalue weighted by Gasteiger charge is 2.08. The van der Waals surface area contributed by atoms with Crippen molar-refractivity contribution in [1.29, 1.82) is 0 Å². The summed E-state index contributed by atoms with van der Waals surface area (Å²) in [6.07, 6.45) is 0.835. The third-order valence-corrected chi connectivity index (χ3v) is 2.84. The van der Waals surface area contributed by atoms with Gasteiger partial charge in [-0.1, -0.05) is 19.0 Å². The molecule has 0 aliphatic carbocycles. The van der Waals surface area contributed by atoms with Gasteiger partial charge in [-0.3, -0.25) is 0 Å². The van der Waals surface area contributed by atoms with Crippen LogP contribution in [0.15, 0.2) is 5.16 Å². The lowest BCUT2D eigenvalue weighted by Crippen LogP contribution is -2.39. The number of hydrogen-bond acceptors (Lipinski definition) is 4. The first-order valence-electron chi connectivity index (χ1n) is 5.08. The summed E-state index contributed by atoms with van der Waals surface area (Å²) in [7, 11) is -3.42. The van der Waals surface area contributed by atoms with Crippen molar-refractivity contribution in [2.24, 2.45) is 16.8 Å². The van der Waals surface area contributed by atoms with Gasteiger partial charge < -0.3 is 10.9 Å². The summed E-state index contributed by atoms with van der Waals surface area (Å²) in [5, 5.41) is 11.0. The molecule has 0 saturated carbocycles. The topological polar surface area (TPSA) is 117 Å². The molecule has 0 rings (SSSR count). The Kier molecular flexibility index (Phi) is 7.02. The lowest BCUT2D eigenvalue weighted by atomic mass is 10.2. The number of nitrogens with one attached hydrogen (secondary N) is 2. The van der Waals surface area contributed by atoms with Gasteiger partial charge in [-0.2, -0.15) is 8.42 Å². The van der Waals surface area contributed by atoms with Gasteiger partial charge in [0.1, 0.15) is 5.84 Å². The molecule has 0 heterocycles. The van der Waals surface area contributed by atoms with Crippen LogP contribution in [0.3, 0.4) is 0 Å². The van der Waals surface area contributed by atoms with Crippen molar-refractivity contribution in [2.45, 2.75) is 26.7 Å². The standard InChI is InChI=1S/C8H20N4O3S/c1-7(2)6-11-16(14,15)10-5-3-4-8(9)12-13/h7,10-11,13H,3-6H2,1-2H3,(H2,9,12). The van der Waals surface area contributed by atoms with Gasteiger partial charge in [0, 0.05) is 19.5 Å². The highest BCUT2D eigenvalue weighted by atomic mass is 32.2. The van der Waals surface area contributed by atoms with E-state index in [2.05, 4.69) is 14.6 Å². The Morgan fingerprint density at radius 2 is 2.06 bits per heavy atom. The number of hydrogen-bond donors (Lipinski definition) is 4. The highest BCUT2D eigenvalue weighted by Crippen LogP contribution is 1.91. The van der Waals surface area contributed by atoms with Crippen molar-refractivity contribution in [2.75, 3.05) is 13.1 Å². The fourth-order valence-corrected chi connectivity index (χ4v) is 1.92. The Bertz CT molecular complexity index is 313. The van der Waals surface area contributed by atoms with E-state index in [1.165, 1.54) is 0 Å². The molecule has 0 aromatic carbocycles. The average molecular weight is 252 g/mol. The van der Waals surface area contributed by atoms with Crippen LogP contribution in [0.4, 0.5) is 0 Å². The van der Waals surface area contributed by atoms with Crippen molar-refractivity contribution in [1.82, 2.24) is 9.44 Å². The smallest absolute Gasteiger partial charge is 0.276 e. The monoisotopic (exact) mass is 252 g/mol. The number of rotatable bonds is 8. The molecule has 5 N–H and O–H groups in total. The molecule has 0 spiro atoms. The Balaban J connectivity index is 3.75. The molecular weight excluding hydrogens is 232 g/mol. The third kappa shape index (κ3) is 8.45. The highest BCUT2D eigenvalue weighted by molar-refractivity contribution is 7.87. The minimum Gasteiger partial charge on any atom is -0.409 e. The maximum atomic E-state index is 11.3. The summed E-state index contributed by atoms with van der Waals surface area (Å²) >= 11 is 0. The van der Waals surface area contributed by atoms with E-state index in [0.29, 0.717) is 19.4 Å². The molecule has 96 valence electrons. The van der Waals surface area contributed by atoms with E-state index in [4.69, 9.17) is 10.9 Å². The Morgan fingerprint density at radius 1 is 1.44 bits per heavy atom. The summed E-state index contributed by atoms with van der Waals surface area (Å²) in [6.45, 7) is 4.49. The van der Waals surface area contributed by atoms with Gasteiger partial charge in [-0.05, 0) is 12.3 Å². The molecule has 0 aromatic heterocycles. The SMILES string of the molecule is CC(C)CNS(=O)(=O)NCCCC(N)=NO. The molecule has 8 heteroatoms. The van der Waals surface area contributed by atoms with E-state index >= 15 is 0 Å². The largest absolute Gasteiger partial charge is 0.409 e. The van der Waals surface area contributed by atoms with E-state index in [1.807, 2.05) is 13.8 Å². The Morgan fingerprint density at radius 3 is 2.56 bits per heavy atom. The average Bonchev–Trinajstić information content (AvgIpc) is 2.21. The van der Waals surface area contributed by atoms with Crippen molar-refractivity contribution >= 4 is 16.0 Å². The zero-order valence-corrected chi connectivity index (χ0v) is 10.4. The summed E-state index contributed by atoms with van der Waals surface area (Å²) in [5.74, 6) is 0.350. The van der Waals surface area contributed by atoms with Crippen LogP contribution < -0.4 is 15.2 Å². The molecule has 0 radical (unpaired) electrons. The van der Waals surface area contributed by atoms with Gasteiger partial charge in [0.25, 0.3) is 10.2 Å². The van der Waals surface area contributed by atoms with Crippen molar-refractivity contribution in [3.8, 4) is 0 Å². The lowest BCUT2D eigenvalue weighted by molar-refractivity contribution is 0.316. The van der Waals surface area contributed by atoms with Gasteiger partial charge in [-0.25, -0.2) is 9.44 Å². The van der Waals surface area contributed by atoms with Crippen LogP contribution in [-0.4, -0.2) is 32.6 Å². The maximum Gasteiger partial charge on any atom is 0.276 e. The first-order valence-corrected chi connectivity index (χ1v) is 6.56. The van der Waals surface area contributed by atoms with Crippen LogP contribution in [0.1, 0.15) is 26.7 Å². The van der Waals surface area contributed by atoms with E-state index in [0.717, 1.165) is 0 Å². The van der Waals surface area contributed by atoms with Crippen LogP contribution in [0.25, 0.3) is 0 Å². The summed E-state index contributed by atoms with van der Waals surface area (Å²) in [6, 6.07) is 0. The molecule has 0 amide bonds. The lowest BCUT2D eigenvalue weighted by Gasteiger charge is -2.09. The number of oxime groups is 1. The van der Waals surface area contributed by atoms with Gasteiger partial charge >= 0.3 is 0 Å². The third-order valence-electron chi connectivity index (χ3n) is 1.71. The fourth-order valence-electron chi connectivity index (χ4n) is 0.853. The van der Waals surface area contributed by atoms with Crippen LogP contribution in [0.5, 0.6) is 0 Å². The second kappa shape index (κ2) is 7.42. The molecule has 0 saturated heterocycles. The summed E-state index contributed by atoms with van der Waals surface area (Å²) < 4.78 is 27.4. The van der Waals surface area contributed by atoms with Crippen molar-refractivity contribution < 1.29 is 13.6 Å². The number of nitrogens with two attached hydrogens (primary N) is 1. The number of nitrogens with zero attached hydrogens (tertiary/aromatic N) is 1. The molecule has 0 atom stereocenters. The molecule has 0 unspecified atom stereocenters. The normalized spacial score (nSPS) is 13.3.